The van der Waals surface area contributed by atoms with E-state index in [1.165, 1.54) is 11.3 Å². The molecule has 2 aliphatic rings. The number of thiocarbonyl (C=S) groups is 1. The highest BCUT2D eigenvalue weighted by atomic mass is 32.1. The molecule has 0 bridgehead atoms. The Kier molecular flexibility index (Phi) is 6.23. The van der Waals surface area contributed by atoms with E-state index in [0.29, 0.717) is 17.6 Å². The summed E-state index contributed by atoms with van der Waals surface area (Å²) in [6, 6.07) is 15.3. The maximum Gasteiger partial charge on any atom is 0.227 e. The molecule has 0 aliphatic carbocycles. The largest absolute Gasteiger partial charge is 0.368 e. The highest BCUT2D eigenvalue weighted by molar-refractivity contribution is 7.80. The highest BCUT2D eigenvalue weighted by Crippen LogP contribution is 2.31. The van der Waals surface area contributed by atoms with E-state index in [1.54, 1.807) is 0 Å². The van der Waals surface area contributed by atoms with Crippen LogP contribution in [-0.2, 0) is 11.2 Å². The minimum absolute atomic E-state index is 0.214. The first-order chi connectivity index (χ1) is 14.5. The van der Waals surface area contributed by atoms with E-state index in [1.807, 2.05) is 24.0 Å². The molecule has 2 heterocycles. The number of aryl methyl sites for hydroxylation is 1. The van der Waals surface area contributed by atoms with Gasteiger partial charge in [-0.1, -0.05) is 18.2 Å². The summed E-state index contributed by atoms with van der Waals surface area (Å²) >= 11 is 5.47. The minimum atomic E-state index is 0.214. The van der Waals surface area contributed by atoms with Gasteiger partial charge in [0.25, 0.3) is 0 Å². The first kappa shape index (κ1) is 20.7. The molecule has 0 unspecified atom stereocenters. The van der Waals surface area contributed by atoms with Crippen LogP contribution in [0, 0.1) is 6.92 Å². The van der Waals surface area contributed by atoms with Crippen molar-refractivity contribution in [3.63, 3.8) is 0 Å². The second kappa shape index (κ2) is 9.04. The molecule has 2 N–H and O–H groups in total. The van der Waals surface area contributed by atoms with Gasteiger partial charge in [-0.3, -0.25) is 4.79 Å². The van der Waals surface area contributed by atoms with E-state index < -0.39 is 0 Å². The highest BCUT2D eigenvalue weighted by Gasteiger charge is 2.25. The lowest BCUT2D eigenvalue weighted by molar-refractivity contribution is -0.117. The van der Waals surface area contributed by atoms with Gasteiger partial charge in [-0.05, 0) is 80.7 Å². The number of para-hydroxylation sites is 1. The zero-order valence-electron chi connectivity index (χ0n) is 17.8. The Bertz CT molecular complexity index is 945. The number of hydrogen-bond donors (Lipinski definition) is 2. The molecule has 0 saturated carbocycles. The van der Waals surface area contributed by atoms with Gasteiger partial charge in [-0.25, -0.2) is 0 Å². The second-order valence-corrected chi connectivity index (χ2v) is 8.67. The topological polar surface area (TPSA) is 47.6 Å². The Morgan fingerprint density at radius 2 is 2.03 bits per heavy atom. The molecule has 2 aromatic carbocycles. The summed E-state index contributed by atoms with van der Waals surface area (Å²) in [5.41, 5.74) is 5.85. The number of rotatable bonds is 6. The van der Waals surface area contributed by atoms with Crippen LogP contribution in [0.5, 0.6) is 0 Å². The minimum Gasteiger partial charge on any atom is -0.368 e. The van der Waals surface area contributed by atoms with Crippen molar-refractivity contribution in [2.75, 3.05) is 34.8 Å². The van der Waals surface area contributed by atoms with Crippen molar-refractivity contribution in [2.24, 2.45) is 0 Å². The summed E-state index contributed by atoms with van der Waals surface area (Å²) in [6.45, 7) is 6.99. The Morgan fingerprint density at radius 1 is 1.20 bits per heavy atom. The zero-order valence-corrected chi connectivity index (χ0v) is 18.6. The molecular weight excluding hydrogens is 392 g/mol. The molecule has 30 heavy (non-hydrogen) atoms. The van der Waals surface area contributed by atoms with Crippen molar-refractivity contribution in [3.05, 3.63) is 53.6 Å². The van der Waals surface area contributed by atoms with Gasteiger partial charge in [0.15, 0.2) is 5.11 Å². The zero-order chi connectivity index (χ0) is 21.1. The van der Waals surface area contributed by atoms with Crippen LogP contribution in [0.1, 0.15) is 37.3 Å². The maximum absolute atomic E-state index is 12.0. The molecule has 0 radical (unpaired) electrons. The molecule has 1 fully saturated rings. The van der Waals surface area contributed by atoms with Gasteiger partial charge in [-0.15, -0.1) is 0 Å². The van der Waals surface area contributed by atoms with Crippen molar-refractivity contribution in [3.8, 4) is 0 Å². The first-order valence-electron chi connectivity index (χ1n) is 10.8. The van der Waals surface area contributed by atoms with Gasteiger partial charge >= 0.3 is 0 Å². The van der Waals surface area contributed by atoms with Crippen LogP contribution in [-0.4, -0.2) is 36.7 Å². The van der Waals surface area contributed by atoms with E-state index in [-0.39, 0.29) is 5.91 Å². The van der Waals surface area contributed by atoms with Crippen LogP contribution in [0.2, 0.25) is 0 Å². The van der Waals surface area contributed by atoms with Gasteiger partial charge in [0.2, 0.25) is 5.91 Å². The van der Waals surface area contributed by atoms with E-state index in [0.717, 1.165) is 55.8 Å². The fraction of sp³-hybridized carbons (Fsp3) is 0.417. The van der Waals surface area contributed by atoms with Crippen molar-refractivity contribution < 1.29 is 4.79 Å². The number of fused-ring (bicyclic) bond motifs is 1. The predicted octanol–water partition coefficient (Wildman–Crippen LogP) is 4.25. The number of anilines is 3. The fourth-order valence-corrected chi connectivity index (χ4v) is 4.76. The normalized spacial score (nSPS) is 17.9. The number of benzene rings is 2. The SMILES string of the molecule is Cc1cc(NC(=S)NCCCN2c3ccccc3C[C@@H]2C)ccc1N1CCCC1=O. The lowest BCUT2D eigenvalue weighted by Crippen LogP contribution is -2.34. The molecule has 0 aromatic heterocycles. The molecular formula is C24H30N4OS. The summed E-state index contributed by atoms with van der Waals surface area (Å²) in [5, 5.41) is 7.22. The number of nitrogens with one attached hydrogen (secondary N) is 2. The van der Waals surface area contributed by atoms with E-state index in [9.17, 15) is 4.79 Å². The Balaban J connectivity index is 1.24. The van der Waals surface area contributed by atoms with Crippen LogP contribution >= 0.6 is 12.2 Å². The summed E-state index contributed by atoms with van der Waals surface area (Å²) in [5.74, 6) is 0.214. The average Bonchev–Trinajstić information content (AvgIpc) is 3.28. The molecule has 1 saturated heterocycles. The van der Waals surface area contributed by atoms with E-state index in [2.05, 4.69) is 52.8 Å². The summed E-state index contributed by atoms with van der Waals surface area (Å²) in [7, 11) is 0. The summed E-state index contributed by atoms with van der Waals surface area (Å²) in [4.78, 5) is 16.4. The second-order valence-electron chi connectivity index (χ2n) is 8.26. The molecule has 5 nitrogen and oxygen atoms in total. The Morgan fingerprint density at radius 3 is 2.80 bits per heavy atom. The Labute approximate surface area is 184 Å². The summed E-state index contributed by atoms with van der Waals surface area (Å²) in [6.07, 6.45) is 3.74. The van der Waals surface area contributed by atoms with Gasteiger partial charge in [0.1, 0.15) is 0 Å². The molecule has 2 aliphatic heterocycles. The van der Waals surface area contributed by atoms with E-state index >= 15 is 0 Å². The van der Waals surface area contributed by atoms with Gasteiger partial charge in [0, 0.05) is 49.2 Å². The lowest BCUT2D eigenvalue weighted by Gasteiger charge is -2.25. The van der Waals surface area contributed by atoms with Crippen molar-refractivity contribution in [2.45, 2.75) is 45.6 Å². The molecule has 6 heteroatoms. The molecule has 2 aromatic rings. The third kappa shape index (κ3) is 4.43. The fourth-order valence-electron chi connectivity index (χ4n) is 4.54. The number of nitrogens with zero attached hydrogens (tertiary/aromatic N) is 2. The van der Waals surface area contributed by atoms with Crippen LogP contribution in [0.3, 0.4) is 0 Å². The van der Waals surface area contributed by atoms with Crippen LogP contribution in [0.4, 0.5) is 17.1 Å². The number of carbonyl (C=O) groups excluding carboxylic acids is 1. The molecule has 158 valence electrons. The predicted molar refractivity (Wildman–Crippen MR) is 129 cm³/mol. The molecule has 0 spiro atoms. The first-order valence-corrected chi connectivity index (χ1v) is 11.2. The Hall–Kier alpha value is -2.60. The van der Waals surface area contributed by atoms with Crippen molar-refractivity contribution >= 4 is 40.3 Å². The van der Waals surface area contributed by atoms with Crippen LogP contribution in [0.15, 0.2) is 42.5 Å². The maximum atomic E-state index is 12.0. The quantitative estimate of drug-likeness (QED) is 0.538. The summed E-state index contributed by atoms with van der Waals surface area (Å²) < 4.78 is 0. The smallest absolute Gasteiger partial charge is 0.227 e. The lowest BCUT2D eigenvalue weighted by atomic mass is 10.1. The monoisotopic (exact) mass is 422 g/mol. The van der Waals surface area contributed by atoms with E-state index in [4.69, 9.17) is 12.2 Å². The standard InChI is InChI=1S/C24H30N4OS/c1-17-15-20(10-11-21(17)28-13-5-9-23(28)29)26-24(30)25-12-6-14-27-18(2)16-19-7-3-4-8-22(19)27/h3-4,7-8,10-11,15,18H,5-6,9,12-14,16H2,1-2H3,(H2,25,26,30)/t18-/m0/s1. The molecule has 1 amide bonds. The third-order valence-corrected chi connectivity index (χ3v) is 6.28. The molecule has 4 rings (SSSR count). The number of hydrogen-bond acceptors (Lipinski definition) is 3. The average molecular weight is 423 g/mol. The van der Waals surface area contributed by atoms with Crippen LogP contribution in [0.25, 0.3) is 0 Å². The van der Waals surface area contributed by atoms with Gasteiger partial charge in [0.05, 0.1) is 0 Å². The van der Waals surface area contributed by atoms with Crippen molar-refractivity contribution in [1.29, 1.82) is 0 Å². The van der Waals surface area contributed by atoms with Crippen LogP contribution < -0.4 is 20.4 Å². The molecule has 1 atom stereocenters. The van der Waals surface area contributed by atoms with Gasteiger partial charge < -0.3 is 20.4 Å². The van der Waals surface area contributed by atoms with Gasteiger partial charge in [-0.2, -0.15) is 0 Å². The number of amides is 1. The third-order valence-electron chi connectivity index (χ3n) is 6.03. The van der Waals surface area contributed by atoms with Crippen molar-refractivity contribution in [1.82, 2.24) is 5.32 Å². The number of carbonyl (C=O) groups is 1.